The lowest BCUT2D eigenvalue weighted by molar-refractivity contribution is -0.143. The van der Waals surface area contributed by atoms with E-state index in [9.17, 15) is 4.79 Å². The number of thiophene rings is 1. The monoisotopic (exact) mass is 299 g/mol. The fourth-order valence-corrected chi connectivity index (χ4v) is 2.76. The second-order valence-corrected chi connectivity index (χ2v) is 5.61. The lowest BCUT2D eigenvalue weighted by Crippen LogP contribution is -2.28. The Labute approximate surface area is 120 Å². The number of esters is 1. The number of aromatic nitrogens is 2. The molecule has 1 N–H and O–H groups in total. The average Bonchev–Trinajstić information content (AvgIpc) is 2.69. The molecule has 5 nitrogen and oxygen atoms in total. The Morgan fingerprint density at radius 2 is 2.32 bits per heavy atom. The predicted molar refractivity (Wildman–Crippen MR) is 76.9 cm³/mol. The molecule has 0 bridgehead atoms. The molecule has 2 aromatic heterocycles. The summed E-state index contributed by atoms with van der Waals surface area (Å²) in [5, 5.41) is 4.04. The Morgan fingerprint density at radius 1 is 1.58 bits per heavy atom. The zero-order chi connectivity index (χ0) is 14.0. The molecular formula is C12H14ClN3O2S. The first kappa shape index (κ1) is 14.0. The molecule has 1 atom stereocenters. The van der Waals surface area contributed by atoms with Crippen molar-refractivity contribution in [2.24, 2.45) is 0 Å². The molecule has 0 radical (unpaired) electrons. The van der Waals surface area contributed by atoms with Gasteiger partial charge in [-0.3, -0.25) is 0 Å². The van der Waals surface area contributed by atoms with Gasteiger partial charge in [0.15, 0.2) is 0 Å². The Balaban J connectivity index is 2.31. The Morgan fingerprint density at radius 3 is 3.00 bits per heavy atom. The zero-order valence-corrected chi connectivity index (χ0v) is 12.4. The first-order valence-electron chi connectivity index (χ1n) is 5.88. The molecule has 0 amide bonds. The van der Waals surface area contributed by atoms with Crippen LogP contribution in [0.1, 0.15) is 18.7 Å². The highest BCUT2D eigenvalue weighted by Gasteiger charge is 2.17. The predicted octanol–water partition coefficient (Wildman–Crippen LogP) is 3.02. The Kier molecular flexibility index (Phi) is 4.21. The van der Waals surface area contributed by atoms with Gasteiger partial charge in [0.25, 0.3) is 0 Å². The summed E-state index contributed by atoms with van der Waals surface area (Å²) >= 11 is 7.42. The fraction of sp³-hybridized carbons (Fsp3) is 0.417. The number of hydrogen-bond donors (Lipinski definition) is 1. The van der Waals surface area contributed by atoms with E-state index < -0.39 is 6.04 Å². The summed E-state index contributed by atoms with van der Waals surface area (Å²) in [7, 11) is 0. The van der Waals surface area contributed by atoms with E-state index in [0.717, 1.165) is 15.1 Å². The van der Waals surface area contributed by atoms with Gasteiger partial charge in [-0.1, -0.05) is 0 Å². The van der Waals surface area contributed by atoms with Crippen molar-refractivity contribution in [2.45, 2.75) is 26.8 Å². The molecule has 0 aliphatic carbocycles. The van der Waals surface area contributed by atoms with Crippen LogP contribution in [-0.2, 0) is 9.53 Å². The molecule has 0 saturated carbocycles. The summed E-state index contributed by atoms with van der Waals surface area (Å²) in [5.41, 5.74) is 0. The summed E-state index contributed by atoms with van der Waals surface area (Å²) in [6, 6.07) is 1.48. The van der Waals surface area contributed by atoms with E-state index in [2.05, 4.69) is 15.3 Å². The molecule has 0 aromatic carbocycles. The van der Waals surface area contributed by atoms with E-state index >= 15 is 0 Å². The molecule has 2 rings (SSSR count). The van der Waals surface area contributed by atoms with Gasteiger partial charge in [-0.25, -0.2) is 14.8 Å². The van der Waals surface area contributed by atoms with Gasteiger partial charge in [-0.15, -0.1) is 11.3 Å². The van der Waals surface area contributed by atoms with Crippen molar-refractivity contribution in [1.29, 1.82) is 0 Å². The van der Waals surface area contributed by atoms with E-state index in [0.29, 0.717) is 12.4 Å². The summed E-state index contributed by atoms with van der Waals surface area (Å²) < 4.78 is 4.95. The van der Waals surface area contributed by atoms with Gasteiger partial charge >= 0.3 is 5.97 Å². The highest BCUT2D eigenvalue weighted by molar-refractivity contribution is 7.18. The topological polar surface area (TPSA) is 64.1 Å². The summed E-state index contributed by atoms with van der Waals surface area (Å²) in [6.45, 7) is 5.83. The van der Waals surface area contributed by atoms with Crippen LogP contribution in [0.25, 0.3) is 10.2 Å². The maximum Gasteiger partial charge on any atom is 0.328 e. The Hall–Kier alpha value is -1.40. The minimum absolute atomic E-state index is 0.160. The molecule has 2 aromatic rings. The van der Waals surface area contributed by atoms with E-state index in [4.69, 9.17) is 16.3 Å². The van der Waals surface area contributed by atoms with Gasteiger partial charge in [0.05, 0.1) is 12.0 Å². The molecule has 2 heterocycles. The van der Waals surface area contributed by atoms with Crippen LogP contribution >= 0.6 is 22.9 Å². The van der Waals surface area contributed by atoms with Crippen LogP contribution in [0.4, 0.5) is 5.82 Å². The molecule has 1 unspecified atom stereocenters. The summed E-state index contributed by atoms with van der Waals surface area (Å²) in [4.78, 5) is 21.8. The number of anilines is 1. The van der Waals surface area contributed by atoms with Crippen LogP contribution in [0.15, 0.2) is 6.07 Å². The van der Waals surface area contributed by atoms with Crippen molar-refractivity contribution in [3.05, 3.63) is 16.2 Å². The van der Waals surface area contributed by atoms with E-state index in [-0.39, 0.29) is 11.3 Å². The normalized spacial score (nSPS) is 12.4. The van der Waals surface area contributed by atoms with E-state index in [1.807, 2.05) is 13.0 Å². The van der Waals surface area contributed by atoms with Crippen molar-refractivity contribution in [2.75, 3.05) is 11.9 Å². The number of ether oxygens (including phenoxy) is 1. The number of carbonyl (C=O) groups excluding carboxylic acids is 1. The number of halogens is 1. The molecule has 7 heteroatoms. The van der Waals surface area contributed by atoms with Gasteiger partial charge < -0.3 is 10.1 Å². The SMILES string of the molecule is CCOC(=O)C(C)Nc1nc(Cl)nc2sc(C)cc12. The lowest BCUT2D eigenvalue weighted by atomic mass is 10.3. The quantitative estimate of drug-likeness (QED) is 0.694. The molecule has 0 aliphatic heterocycles. The van der Waals surface area contributed by atoms with Crippen LogP contribution in [0.2, 0.25) is 5.28 Å². The highest BCUT2D eigenvalue weighted by Crippen LogP contribution is 2.29. The maximum absolute atomic E-state index is 11.6. The van der Waals surface area contributed by atoms with E-state index in [1.54, 1.807) is 13.8 Å². The van der Waals surface area contributed by atoms with Crippen LogP contribution in [0.3, 0.4) is 0 Å². The smallest absolute Gasteiger partial charge is 0.328 e. The number of nitrogens with one attached hydrogen (secondary N) is 1. The first-order chi connectivity index (χ1) is 9.01. The van der Waals surface area contributed by atoms with Crippen LogP contribution in [0.5, 0.6) is 0 Å². The molecular weight excluding hydrogens is 286 g/mol. The van der Waals surface area contributed by atoms with E-state index in [1.165, 1.54) is 11.3 Å². The molecule has 0 saturated heterocycles. The third kappa shape index (κ3) is 3.13. The van der Waals surface area contributed by atoms with Gasteiger partial charge in [0.1, 0.15) is 16.7 Å². The number of hydrogen-bond acceptors (Lipinski definition) is 6. The number of aryl methyl sites for hydroxylation is 1. The van der Waals surface area contributed by atoms with Crippen molar-refractivity contribution < 1.29 is 9.53 Å². The first-order valence-corrected chi connectivity index (χ1v) is 7.07. The van der Waals surface area contributed by atoms with Crippen molar-refractivity contribution in [3.8, 4) is 0 Å². The minimum atomic E-state index is -0.491. The zero-order valence-electron chi connectivity index (χ0n) is 10.9. The molecule has 0 fully saturated rings. The maximum atomic E-state index is 11.6. The third-order valence-corrected chi connectivity index (χ3v) is 3.60. The van der Waals surface area contributed by atoms with Crippen molar-refractivity contribution in [1.82, 2.24) is 9.97 Å². The fourth-order valence-electron chi connectivity index (χ4n) is 1.66. The minimum Gasteiger partial charge on any atom is -0.464 e. The highest BCUT2D eigenvalue weighted by atomic mass is 35.5. The molecule has 0 aliphatic rings. The summed E-state index contributed by atoms with van der Waals surface area (Å²) in [5.74, 6) is 0.234. The number of carbonyl (C=O) groups is 1. The number of fused-ring (bicyclic) bond motifs is 1. The third-order valence-electron chi connectivity index (χ3n) is 2.48. The lowest BCUT2D eigenvalue weighted by Gasteiger charge is -2.13. The van der Waals surface area contributed by atoms with Crippen LogP contribution in [0, 0.1) is 6.92 Å². The standard InChI is InChI=1S/C12H14ClN3O2S/c1-4-18-11(17)7(3)14-9-8-5-6(2)19-10(8)16-12(13)15-9/h5,7H,4H2,1-3H3,(H,14,15,16). The van der Waals surface area contributed by atoms with Gasteiger partial charge in [-0.05, 0) is 38.4 Å². The molecule has 19 heavy (non-hydrogen) atoms. The van der Waals surface area contributed by atoms with Gasteiger partial charge in [-0.2, -0.15) is 0 Å². The second kappa shape index (κ2) is 5.71. The van der Waals surface area contributed by atoms with Crippen LogP contribution in [-0.4, -0.2) is 28.6 Å². The largest absolute Gasteiger partial charge is 0.464 e. The molecule has 0 spiro atoms. The van der Waals surface area contributed by atoms with Crippen LogP contribution < -0.4 is 5.32 Å². The van der Waals surface area contributed by atoms with Crippen molar-refractivity contribution >= 4 is 44.9 Å². The Bertz CT molecular complexity index is 614. The second-order valence-electron chi connectivity index (χ2n) is 4.04. The average molecular weight is 300 g/mol. The molecule has 102 valence electrons. The van der Waals surface area contributed by atoms with Crippen molar-refractivity contribution in [3.63, 3.8) is 0 Å². The number of nitrogens with zero attached hydrogens (tertiary/aromatic N) is 2. The van der Waals surface area contributed by atoms with Gasteiger partial charge in [0, 0.05) is 4.88 Å². The number of rotatable bonds is 4. The van der Waals surface area contributed by atoms with Gasteiger partial charge in [0.2, 0.25) is 5.28 Å². The summed E-state index contributed by atoms with van der Waals surface area (Å²) in [6.07, 6.45) is 0.